The van der Waals surface area contributed by atoms with Crippen molar-refractivity contribution in [3.8, 4) is 0 Å². The maximum atomic E-state index is 11.7. The van der Waals surface area contributed by atoms with E-state index in [4.69, 9.17) is 10.8 Å². The number of rotatable bonds is 4. The zero-order chi connectivity index (χ0) is 10.6. The van der Waals surface area contributed by atoms with E-state index in [-0.39, 0.29) is 6.61 Å². The van der Waals surface area contributed by atoms with Crippen molar-refractivity contribution < 1.29 is 9.32 Å². The summed E-state index contributed by atoms with van der Waals surface area (Å²) < 4.78 is 11.7. The SMILES string of the molecule is Cc1ccc(N)cc1S(=O)CCCO. The molecule has 78 valence electrons. The highest BCUT2D eigenvalue weighted by molar-refractivity contribution is 7.85. The van der Waals surface area contributed by atoms with Gasteiger partial charge in [-0.3, -0.25) is 4.21 Å². The first-order chi connectivity index (χ1) is 6.65. The van der Waals surface area contributed by atoms with Crippen LogP contribution in [0.3, 0.4) is 0 Å². The van der Waals surface area contributed by atoms with E-state index in [0.29, 0.717) is 17.9 Å². The van der Waals surface area contributed by atoms with E-state index in [2.05, 4.69) is 0 Å². The Morgan fingerprint density at radius 2 is 2.21 bits per heavy atom. The molecule has 0 saturated carbocycles. The summed E-state index contributed by atoms with van der Waals surface area (Å²) in [5.74, 6) is 0.487. The Kier molecular flexibility index (Phi) is 4.10. The molecule has 0 aliphatic heterocycles. The van der Waals surface area contributed by atoms with Crippen molar-refractivity contribution in [2.45, 2.75) is 18.2 Å². The summed E-state index contributed by atoms with van der Waals surface area (Å²) in [5, 5.41) is 8.63. The Morgan fingerprint density at radius 1 is 1.50 bits per heavy atom. The van der Waals surface area contributed by atoms with E-state index in [9.17, 15) is 4.21 Å². The third-order valence-electron chi connectivity index (χ3n) is 1.95. The number of aryl methyl sites for hydroxylation is 1. The Balaban J connectivity index is 2.83. The van der Waals surface area contributed by atoms with Gasteiger partial charge in [0, 0.05) is 22.9 Å². The number of hydrogen-bond acceptors (Lipinski definition) is 3. The zero-order valence-electron chi connectivity index (χ0n) is 8.19. The Morgan fingerprint density at radius 3 is 2.86 bits per heavy atom. The molecule has 1 atom stereocenters. The highest BCUT2D eigenvalue weighted by atomic mass is 32.2. The van der Waals surface area contributed by atoms with Gasteiger partial charge >= 0.3 is 0 Å². The second kappa shape index (κ2) is 5.12. The van der Waals surface area contributed by atoms with Gasteiger partial charge in [0.2, 0.25) is 0 Å². The van der Waals surface area contributed by atoms with Crippen LogP contribution in [-0.2, 0) is 10.8 Å². The van der Waals surface area contributed by atoms with Gasteiger partial charge in [-0.2, -0.15) is 0 Å². The second-order valence-electron chi connectivity index (χ2n) is 3.15. The third kappa shape index (κ3) is 2.82. The second-order valence-corrected chi connectivity index (χ2v) is 4.69. The van der Waals surface area contributed by atoms with Crippen LogP contribution in [0.25, 0.3) is 0 Å². The molecule has 1 rings (SSSR count). The van der Waals surface area contributed by atoms with E-state index < -0.39 is 10.8 Å². The minimum atomic E-state index is -1.05. The molecule has 0 fully saturated rings. The largest absolute Gasteiger partial charge is 0.399 e. The summed E-state index contributed by atoms with van der Waals surface area (Å²) in [6, 6.07) is 5.40. The molecular weight excluding hydrogens is 198 g/mol. The van der Waals surface area contributed by atoms with Crippen molar-refractivity contribution in [3.63, 3.8) is 0 Å². The van der Waals surface area contributed by atoms with E-state index >= 15 is 0 Å². The molecular formula is C10H15NO2S. The average molecular weight is 213 g/mol. The van der Waals surface area contributed by atoms with Gasteiger partial charge in [-0.05, 0) is 31.0 Å². The van der Waals surface area contributed by atoms with E-state index in [1.54, 1.807) is 12.1 Å². The fourth-order valence-electron chi connectivity index (χ4n) is 1.17. The Labute approximate surface area is 86.4 Å². The quantitative estimate of drug-likeness (QED) is 0.735. The normalized spacial score (nSPS) is 12.7. The lowest BCUT2D eigenvalue weighted by atomic mass is 10.2. The number of aliphatic hydroxyl groups excluding tert-OH is 1. The first-order valence-corrected chi connectivity index (χ1v) is 5.82. The van der Waals surface area contributed by atoms with Gasteiger partial charge in [0.15, 0.2) is 0 Å². The molecule has 0 spiro atoms. The average Bonchev–Trinajstić information content (AvgIpc) is 2.18. The van der Waals surface area contributed by atoms with Crippen molar-refractivity contribution in [2.24, 2.45) is 0 Å². The van der Waals surface area contributed by atoms with Crippen LogP contribution < -0.4 is 5.73 Å². The van der Waals surface area contributed by atoms with Gasteiger partial charge < -0.3 is 10.8 Å². The molecule has 0 aliphatic rings. The molecule has 1 unspecified atom stereocenters. The number of nitrogen functional groups attached to an aromatic ring is 1. The smallest absolute Gasteiger partial charge is 0.0533 e. The molecule has 0 radical (unpaired) electrons. The predicted molar refractivity (Wildman–Crippen MR) is 58.6 cm³/mol. The monoisotopic (exact) mass is 213 g/mol. The van der Waals surface area contributed by atoms with Crippen LogP contribution in [0.15, 0.2) is 23.1 Å². The van der Waals surface area contributed by atoms with Gasteiger partial charge in [-0.1, -0.05) is 6.07 Å². The van der Waals surface area contributed by atoms with Crippen molar-refractivity contribution in [3.05, 3.63) is 23.8 Å². The molecule has 0 bridgehead atoms. The standard InChI is InChI=1S/C10H15NO2S/c1-8-3-4-9(11)7-10(8)14(13)6-2-5-12/h3-4,7,12H,2,5-6,11H2,1H3. The van der Waals surface area contributed by atoms with Gasteiger partial charge in [0.25, 0.3) is 0 Å². The summed E-state index contributed by atoms with van der Waals surface area (Å²) in [7, 11) is -1.05. The number of hydrogen-bond donors (Lipinski definition) is 2. The number of benzene rings is 1. The lowest BCUT2D eigenvalue weighted by Crippen LogP contribution is -2.03. The molecule has 4 heteroatoms. The Hall–Kier alpha value is -0.870. The summed E-state index contributed by atoms with van der Waals surface area (Å²) >= 11 is 0. The fourth-order valence-corrected chi connectivity index (χ4v) is 2.47. The zero-order valence-corrected chi connectivity index (χ0v) is 9.01. The van der Waals surface area contributed by atoms with Crippen LogP contribution in [0.4, 0.5) is 5.69 Å². The molecule has 1 aromatic carbocycles. The predicted octanol–water partition coefficient (Wildman–Crippen LogP) is 1.07. The molecule has 0 saturated heterocycles. The summed E-state index contributed by atoms with van der Waals surface area (Å²) in [6.45, 7) is 1.98. The fraction of sp³-hybridized carbons (Fsp3) is 0.400. The molecule has 0 heterocycles. The molecule has 1 aromatic rings. The third-order valence-corrected chi connectivity index (χ3v) is 3.54. The first kappa shape index (κ1) is 11.2. The lowest BCUT2D eigenvalue weighted by molar-refractivity contribution is 0.296. The highest BCUT2D eigenvalue weighted by Gasteiger charge is 2.06. The first-order valence-electron chi connectivity index (χ1n) is 4.50. The summed E-state index contributed by atoms with van der Waals surface area (Å²) in [6.07, 6.45) is 0.556. The van der Waals surface area contributed by atoms with Crippen LogP contribution in [-0.4, -0.2) is 21.7 Å². The molecule has 0 amide bonds. The minimum Gasteiger partial charge on any atom is -0.399 e. The van der Waals surface area contributed by atoms with E-state index in [0.717, 1.165) is 10.5 Å². The lowest BCUT2D eigenvalue weighted by Gasteiger charge is -2.06. The molecule has 0 aliphatic carbocycles. The van der Waals surface area contributed by atoms with Gasteiger partial charge in [-0.25, -0.2) is 0 Å². The van der Waals surface area contributed by atoms with E-state index in [1.807, 2.05) is 13.0 Å². The van der Waals surface area contributed by atoms with Crippen LogP contribution in [0, 0.1) is 6.92 Å². The topological polar surface area (TPSA) is 63.3 Å². The van der Waals surface area contributed by atoms with Gasteiger partial charge in [0.1, 0.15) is 0 Å². The molecule has 3 N–H and O–H groups in total. The number of aliphatic hydroxyl groups is 1. The molecule has 3 nitrogen and oxygen atoms in total. The number of nitrogens with two attached hydrogens (primary N) is 1. The van der Waals surface area contributed by atoms with Crippen LogP contribution in [0.5, 0.6) is 0 Å². The van der Waals surface area contributed by atoms with Crippen molar-refractivity contribution in [2.75, 3.05) is 18.1 Å². The Bertz CT molecular complexity index is 339. The van der Waals surface area contributed by atoms with Crippen molar-refractivity contribution in [1.29, 1.82) is 0 Å². The van der Waals surface area contributed by atoms with Crippen LogP contribution in [0.1, 0.15) is 12.0 Å². The van der Waals surface area contributed by atoms with Gasteiger partial charge in [0.05, 0.1) is 10.8 Å². The van der Waals surface area contributed by atoms with Crippen LogP contribution >= 0.6 is 0 Å². The van der Waals surface area contributed by atoms with Crippen molar-refractivity contribution >= 4 is 16.5 Å². The van der Waals surface area contributed by atoms with Gasteiger partial charge in [-0.15, -0.1) is 0 Å². The minimum absolute atomic E-state index is 0.0765. The van der Waals surface area contributed by atoms with E-state index in [1.165, 1.54) is 0 Å². The van der Waals surface area contributed by atoms with Crippen LogP contribution in [0.2, 0.25) is 0 Å². The summed E-state index contributed by atoms with van der Waals surface area (Å²) in [5.41, 5.74) is 7.22. The summed E-state index contributed by atoms with van der Waals surface area (Å²) in [4.78, 5) is 0.776. The van der Waals surface area contributed by atoms with Crippen molar-refractivity contribution in [1.82, 2.24) is 0 Å². The highest BCUT2D eigenvalue weighted by Crippen LogP contribution is 2.17. The maximum Gasteiger partial charge on any atom is 0.0533 e. The molecule has 0 aromatic heterocycles. The maximum absolute atomic E-state index is 11.7. The number of anilines is 1. The molecule has 14 heavy (non-hydrogen) atoms.